The molecule has 0 aromatic rings. The summed E-state index contributed by atoms with van der Waals surface area (Å²) in [5, 5.41) is 21.4. The molecule has 0 aromatic carbocycles. The number of ether oxygens (including phenoxy) is 1. The van der Waals surface area contributed by atoms with Gasteiger partial charge in [0.2, 0.25) is 0 Å². The van der Waals surface area contributed by atoms with Crippen LogP contribution in [0.1, 0.15) is 27.7 Å². The van der Waals surface area contributed by atoms with Crippen molar-refractivity contribution in [1.29, 1.82) is 0 Å². The monoisotopic (exact) mass is 245 g/mol. The number of hydrogen-bond acceptors (Lipinski definition) is 4. The Morgan fingerprint density at radius 2 is 2.06 bits per heavy atom. The minimum Gasteiger partial charge on any atom is -0.444 e. The second kappa shape index (κ2) is 6.61. The first kappa shape index (κ1) is 15.9. The third-order valence-corrected chi connectivity index (χ3v) is 2.22. The zero-order valence-electron chi connectivity index (χ0n) is 10.9. The van der Waals surface area contributed by atoms with Gasteiger partial charge in [-0.1, -0.05) is 13.0 Å². The van der Waals surface area contributed by atoms with E-state index in [2.05, 4.69) is 11.9 Å². The third-order valence-electron chi connectivity index (χ3n) is 2.22. The highest BCUT2D eigenvalue weighted by Crippen LogP contribution is 2.10. The molecule has 0 bridgehead atoms. The lowest BCUT2D eigenvalue weighted by molar-refractivity contribution is 0.0284. The van der Waals surface area contributed by atoms with E-state index >= 15 is 0 Å². The molecule has 3 N–H and O–H groups in total. The lowest BCUT2D eigenvalue weighted by Gasteiger charge is -2.27. The molecule has 100 valence electrons. The fraction of sp³-hybridized carbons (Fsp3) is 0.750. The van der Waals surface area contributed by atoms with E-state index in [1.807, 2.05) is 0 Å². The Balaban J connectivity index is 4.40. The van der Waals surface area contributed by atoms with Crippen LogP contribution in [0, 0.1) is 5.92 Å². The van der Waals surface area contributed by atoms with Crippen molar-refractivity contribution >= 4 is 6.09 Å². The van der Waals surface area contributed by atoms with Crippen LogP contribution in [0.4, 0.5) is 4.79 Å². The number of aliphatic hydroxyl groups excluding tert-OH is 2. The summed E-state index contributed by atoms with van der Waals surface area (Å²) in [7, 11) is 0. The van der Waals surface area contributed by atoms with Crippen LogP contribution in [0.25, 0.3) is 0 Å². The van der Waals surface area contributed by atoms with E-state index in [1.165, 1.54) is 0 Å². The Hall–Kier alpha value is -1.07. The van der Waals surface area contributed by atoms with Gasteiger partial charge in [-0.25, -0.2) is 4.79 Å². The van der Waals surface area contributed by atoms with Crippen molar-refractivity contribution in [3.05, 3.63) is 12.7 Å². The van der Waals surface area contributed by atoms with Gasteiger partial charge in [-0.3, -0.25) is 0 Å². The smallest absolute Gasteiger partial charge is 0.408 e. The molecule has 0 spiro atoms. The van der Waals surface area contributed by atoms with Crippen molar-refractivity contribution in [2.24, 2.45) is 5.92 Å². The summed E-state index contributed by atoms with van der Waals surface area (Å²) in [4.78, 5) is 11.5. The predicted octanol–water partition coefficient (Wildman–Crippen LogP) is 1.05. The van der Waals surface area contributed by atoms with Crippen LogP contribution in [0.2, 0.25) is 0 Å². The maximum absolute atomic E-state index is 11.5. The molecule has 0 aliphatic rings. The number of aliphatic hydroxyl groups is 2. The fourth-order valence-electron chi connectivity index (χ4n) is 1.20. The van der Waals surface area contributed by atoms with Crippen LogP contribution in [0.3, 0.4) is 0 Å². The Morgan fingerprint density at radius 3 is 2.41 bits per heavy atom. The number of nitrogens with one attached hydrogen (secondary N) is 1. The lowest BCUT2D eigenvalue weighted by atomic mass is 9.98. The summed E-state index contributed by atoms with van der Waals surface area (Å²) in [6, 6.07) is -0.766. The van der Waals surface area contributed by atoms with Gasteiger partial charge in [0.1, 0.15) is 5.60 Å². The van der Waals surface area contributed by atoms with Crippen LogP contribution in [-0.4, -0.2) is 40.7 Å². The summed E-state index contributed by atoms with van der Waals surface area (Å²) in [6.07, 6.45) is 0.00118. The largest absolute Gasteiger partial charge is 0.444 e. The molecule has 0 aliphatic heterocycles. The van der Waals surface area contributed by atoms with Crippen molar-refractivity contribution in [3.63, 3.8) is 0 Å². The molecule has 3 atom stereocenters. The molecule has 0 radical (unpaired) electrons. The molecule has 1 amide bonds. The molecular weight excluding hydrogens is 222 g/mol. The van der Waals surface area contributed by atoms with Crippen LogP contribution < -0.4 is 5.32 Å². The Kier molecular flexibility index (Phi) is 6.20. The van der Waals surface area contributed by atoms with E-state index in [9.17, 15) is 9.90 Å². The summed E-state index contributed by atoms with van der Waals surface area (Å²) >= 11 is 0. The van der Waals surface area contributed by atoms with E-state index in [-0.39, 0.29) is 12.5 Å². The van der Waals surface area contributed by atoms with Gasteiger partial charge in [-0.15, -0.1) is 6.58 Å². The maximum atomic E-state index is 11.5. The molecule has 0 unspecified atom stereocenters. The topological polar surface area (TPSA) is 78.8 Å². The minimum atomic E-state index is -0.898. The van der Waals surface area contributed by atoms with E-state index in [1.54, 1.807) is 33.8 Å². The Morgan fingerprint density at radius 1 is 1.53 bits per heavy atom. The van der Waals surface area contributed by atoms with Crippen LogP contribution in [0.15, 0.2) is 12.7 Å². The summed E-state index contributed by atoms with van der Waals surface area (Å²) in [6.45, 7) is 10.2. The molecule has 0 saturated heterocycles. The van der Waals surface area contributed by atoms with Gasteiger partial charge in [0.05, 0.1) is 18.8 Å². The van der Waals surface area contributed by atoms with Gasteiger partial charge in [0, 0.05) is 5.92 Å². The van der Waals surface area contributed by atoms with Crippen molar-refractivity contribution in [2.45, 2.75) is 45.4 Å². The third kappa shape index (κ3) is 6.28. The predicted molar refractivity (Wildman–Crippen MR) is 65.6 cm³/mol. The van der Waals surface area contributed by atoms with Crippen molar-refractivity contribution in [2.75, 3.05) is 6.61 Å². The van der Waals surface area contributed by atoms with Crippen LogP contribution in [0.5, 0.6) is 0 Å². The first-order valence-corrected chi connectivity index (χ1v) is 5.62. The first-order valence-electron chi connectivity index (χ1n) is 5.62. The van der Waals surface area contributed by atoms with Gasteiger partial charge >= 0.3 is 6.09 Å². The quantitative estimate of drug-likeness (QED) is 0.633. The van der Waals surface area contributed by atoms with Crippen molar-refractivity contribution in [3.8, 4) is 0 Å². The van der Waals surface area contributed by atoms with E-state index in [4.69, 9.17) is 9.84 Å². The highest BCUT2D eigenvalue weighted by Gasteiger charge is 2.26. The van der Waals surface area contributed by atoms with E-state index in [0.29, 0.717) is 0 Å². The molecule has 0 fully saturated rings. The number of alkyl carbamates (subject to hydrolysis) is 1. The summed E-state index contributed by atoms with van der Waals surface area (Å²) < 4.78 is 5.04. The molecule has 0 rings (SSSR count). The second-order valence-electron chi connectivity index (χ2n) is 5.02. The molecule has 0 heterocycles. The van der Waals surface area contributed by atoms with Crippen molar-refractivity contribution in [1.82, 2.24) is 5.32 Å². The lowest BCUT2D eigenvalue weighted by Crippen LogP contribution is -2.49. The number of rotatable bonds is 5. The highest BCUT2D eigenvalue weighted by molar-refractivity contribution is 5.68. The average Bonchev–Trinajstić information content (AvgIpc) is 2.21. The Labute approximate surface area is 102 Å². The first-order chi connectivity index (χ1) is 7.71. The van der Waals surface area contributed by atoms with E-state index in [0.717, 1.165) is 0 Å². The number of carbonyl (C=O) groups is 1. The second-order valence-corrected chi connectivity index (χ2v) is 5.02. The number of amides is 1. The van der Waals surface area contributed by atoms with Gasteiger partial charge in [-0.05, 0) is 20.8 Å². The zero-order valence-corrected chi connectivity index (χ0v) is 10.9. The van der Waals surface area contributed by atoms with Gasteiger partial charge in [0.15, 0.2) is 0 Å². The molecule has 5 nitrogen and oxygen atoms in total. The number of carbonyl (C=O) groups excluding carboxylic acids is 1. The van der Waals surface area contributed by atoms with Crippen LogP contribution in [-0.2, 0) is 4.74 Å². The van der Waals surface area contributed by atoms with Gasteiger partial charge in [-0.2, -0.15) is 0 Å². The standard InChI is InChI=1S/C12H23NO4/c1-6-8(2)10(15)9(7-14)13-11(16)17-12(3,4)5/h6,8-10,14-15H,1,7H2,2-5H3,(H,13,16)/t8-,9+,10-/m1/s1. The number of hydrogen-bond donors (Lipinski definition) is 3. The fourth-order valence-corrected chi connectivity index (χ4v) is 1.20. The summed E-state index contributed by atoms with van der Waals surface area (Å²) in [5.41, 5.74) is -0.612. The minimum absolute atomic E-state index is 0.234. The van der Waals surface area contributed by atoms with E-state index < -0.39 is 23.8 Å². The highest BCUT2D eigenvalue weighted by atomic mass is 16.6. The molecule has 5 heteroatoms. The summed E-state index contributed by atoms with van der Waals surface area (Å²) in [5.74, 6) is -0.234. The average molecular weight is 245 g/mol. The zero-order chi connectivity index (χ0) is 13.6. The Bertz CT molecular complexity index is 260. The maximum Gasteiger partial charge on any atom is 0.408 e. The normalized spacial score (nSPS) is 16.8. The molecule has 0 aromatic heterocycles. The SMILES string of the molecule is C=C[C@@H](C)[C@@H](O)[C@H](CO)NC(=O)OC(C)(C)C. The van der Waals surface area contributed by atoms with Crippen LogP contribution >= 0.6 is 0 Å². The molecule has 0 aliphatic carbocycles. The molecule has 0 saturated carbocycles. The van der Waals surface area contributed by atoms with Crippen molar-refractivity contribution < 1.29 is 19.7 Å². The van der Waals surface area contributed by atoms with Gasteiger partial charge < -0.3 is 20.3 Å². The van der Waals surface area contributed by atoms with Gasteiger partial charge in [0.25, 0.3) is 0 Å². The molecule has 17 heavy (non-hydrogen) atoms. The molecular formula is C12H23NO4.